The van der Waals surface area contributed by atoms with E-state index < -0.39 is 0 Å². The Labute approximate surface area is 52.3 Å². The maximum atomic E-state index is 9.50. The van der Waals surface area contributed by atoms with E-state index in [9.17, 15) is 4.39 Å². The van der Waals surface area contributed by atoms with Crippen LogP contribution in [0.3, 0.4) is 0 Å². The second kappa shape index (κ2) is 17.4. The maximum Gasteiger partial charge on any atom is 0.0785 e. The molecule has 0 nitrogen and oxygen atoms in total. The van der Waals surface area contributed by atoms with Crippen LogP contribution in [0.2, 0.25) is 0 Å². The third-order valence-corrected chi connectivity index (χ3v) is 0.896. The average molecular weight is 203 g/mol. The van der Waals surface area contributed by atoms with Crippen LogP contribution in [0.25, 0.3) is 0 Å². The van der Waals surface area contributed by atoms with E-state index in [0.717, 1.165) is 6.42 Å². The Morgan fingerprint density at radius 3 is 1.83 bits per heavy atom. The second-order valence-electron chi connectivity index (χ2n) is 0.543. The molecule has 0 aliphatic carbocycles. The molecule has 1 radical (unpaired) electrons. The van der Waals surface area contributed by atoms with Gasteiger partial charge in [0, 0.05) is 0 Å². The molecular weight excluding hydrogens is 194 g/mol. The fraction of sp³-hybridized carbons (Fsp3) is 0.750. The number of alkyl halides is 2. The van der Waals surface area contributed by atoms with E-state index in [1.807, 2.05) is 0 Å². The number of rotatable bonds is 1. The highest BCUT2D eigenvalue weighted by molar-refractivity contribution is 14.1. The first kappa shape index (κ1) is 9.83. The van der Waals surface area contributed by atoms with E-state index in [2.05, 4.69) is 29.5 Å². The predicted octanol–water partition coefficient (Wildman–Crippen LogP) is 2.23. The average Bonchev–Trinajstić information content (AvgIpc) is 1.72. The zero-order valence-corrected chi connectivity index (χ0v) is 6.03. The van der Waals surface area contributed by atoms with Gasteiger partial charge in [-0.2, -0.15) is 0 Å². The number of hydrogen-bond donors (Lipinski definition) is 0. The van der Waals surface area contributed by atoms with Crippen LogP contribution in [-0.4, -0.2) is 11.6 Å². The summed E-state index contributed by atoms with van der Waals surface area (Å²) < 4.78 is 10.7. The quantitative estimate of drug-likeness (QED) is 0.452. The molecule has 6 heavy (non-hydrogen) atoms. The molecule has 0 spiro atoms. The molecule has 0 unspecified atom stereocenters. The minimum absolute atomic E-state index is 0.500. The molecule has 0 fully saturated rings. The van der Waals surface area contributed by atoms with Gasteiger partial charge in [-0.05, 0) is 10.8 Å². The molecule has 0 saturated carbocycles. The molecule has 39 valence electrons. The lowest BCUT2D eigenvalue weighted by molar-refractivity contribution is 0.636. The van der Waals surface area contributed by atoms with E-state index in [0.29, 0.717) is 7.18 Å². The Hall–Kier alpha value is 0.660. The molecule has 0 N–H and O–H groups in total. The molecule has 0 aromatic heterocycles. The maximum absolute atomic E-state index is 9.50. The first-order chi connectivity index (χ1) is 2.91. The van der Waals surface area contributed by atoms with Gasteiger partial charge in [0.1, 0.15) is 0 Å². The molecule has 0 amide bonds. The topological polar surface area (TPSA) is 0 Å². The van der Waals surface area contributed by atoms with Gasteiger partial charge in [0.25, 0.3) is 0 Å². The Bertz CT molecular complexity index is 9.51. The Morgan fingerprint density at radius 2 is 1.83 bits per heavy atom. The molecule has 0 heterocycles. The minimum atomic E-state index is 0.500. The zero-order valence-electron chi connectivity index (χ0n) is 3.88. The summed E-state index contributed by atoms with van der Waals surface area (Å²) in [6.45, 7) is 3.60. The van der Waals surface area contributed by atoms with Gasteiger partial charge in [-0.25, -0.2) is 0 Å². The van der Waals surface area contributed by atoms with E-state index in [4.69, 9.17) is 0 Å². The Balaban J connectivity index is 0. The normalized spacial score (nSPS) is 6.00. The predicted molar refractivity (Wildman–Crippen MR) is 35.9 cm³/mol. The zero-order chi connectivity index (χ0) is 5.41. The van der Waals surface area contributed by atoms with Crippen molar-refractivity contribution in [3.05, 3.63) is 6.92 Å². The van der Waals surface area contributed by atoms with Gasteiger partial charge in [0.2, 0.25) is 0 Å². The third kappa shape index (κ3) is 22.7. The summed E-state index contributed by atoms with van der Waals surface area (Å²) in [5.41, 5.74) is 0. The summed E-state index contributed by atoms with van der Waals surface area (Å²) in [4.78, 5) is 0. The van der Waals surface area contributed by atoms with E-state index in [-0.39, 0.29) is 0 Å². The molecule has 0 aromatic rings. The van der Waals surface area contributed by atoms with Crippen LogP contribution in [0.1, 0.15) is 6.42 Å². The third-order valence-electron chi connectivity index (χ3n) is 0.134. The van der Waals surface area contributed by atoms with E-state index in [1.165, 1.54) is 4.43 Å². The molecule has 0 aliphatic heterocycles. The van der Waals surface area contributed by atoms with Crippen molar-refractivity contribution in [2.24, 2.45) is 0 Å². The number of hydrogen-bond acceptors (Lipinski definition) is 0. The summed E-state index contributed by atoms with van der Waals surface area (Å²) in [5.74, 6) is 0. The molecule has 0 aromatic carbocycles. The summed E-state index contributed by atoms with van der Waals surface area (Å²) in [5, 5.41) is 0. The van der Waals surface area contributed by atoms with Crippen molar-refractivity contribution in [1.82, 2.24) is 0 Å². The summed E-state index contributed by atoms with van der Waals surface area (Å²) in [7, 11) is 0.500. The van der Waals surface area contributed by atoms with Crippen LogP contribution in [0.4, 0.5) is 4.39 Å². The van der Waals surface area contributed by atoms with Gasteiger partial charge in [-0.1, -0.05) is 29.5 Å². The van der Waals surface area contributed by atoms with Gasteiger partial charge in [0.15, 0.2) is 0 Å². The van der Waals surface area contributed by atoms with Gasteiger partial charge < -0.3 is 0 Å². The highest BCUT2D eigenvalue weighted by atomic mass is 127. The van der Waals surface area contributed by atoms with Crippen LogP contribution in [0, 0.1) is 6.92 Å². The van der Waals surface area contributed by atoms with Crippen molar-refractivity contribution in [3.8, 4) is 0 Å². The van der Waals surface area contributed by atoms with Crippen LogP contribution < -0.4 is 0 Å². The Morgan fingerprint density at radius 1 is 1.67 bits per heavy atom. The fourth-order valence-corrected chi connectivity index (χ4v) is 0. The first-order valence-electron chi connectivity index (χ1n) is 1.65. The van der Waals surface area contributed by atoms with Gasteiger partial charge in [-0.3, -0.25) is 4.39 Å². The largest absolute Gasteiger partial charge is 0.255 e. The molecule has 0 aliphatic rings. The van der Waals surface area contributed by atoms with Crippen molar-refractivity contribution in [1.29, 1.82) is 0 Å². The Kier molecular flexibility index (Phi) is 28.4. The summed E-state index contributed by atoms with van der Waals surface area (Å²) >= 11 is 2.29. The van der Waals surface area contributed by atoms with Gasteiger partial charge in [0.05, 0.1) is 7.18 Å². The first-order valence-corrected chi connectivity index (χ1v) is 3.17. The molecule has 0 rings (SSSR count). The molecule has 2 heteroatoms. The van der Waals surface area contributed by atoms with Crippen LogP contribution in [0.15, 0.2) is 0 Å². The van der Waals surface area contributed by atoms with E-state index in [1.54, 1.807) is 0 Å². The lowest BCUT2D eigenvalue weighted by Crippen LogP contribution is -1.54. The summed E-state index contributed by atoms with van der Waals surface area (Å²) in [6.07, 6.45) is 1.06. The van der Waals surface area contributed by atoms with Crippen molar-refractivity contribution in [2.45, 2.75) is 6.42 Å². The SMILES string of the molecule is CF.[CH2]CCI. The van der Waals surface area contributed by atoms with Gasteiger partial charge >= 0.3 is 0 Å². The highest BCUT2D eigenvalue weighted by Gasteiger charge is 1.58. The minimum Gasteiger partial charge on any atom is -0.255 e. The second-order valence-corrected chi connectivity index (χ2v) is 1.62. The molecule has 0 atom stereocenters. The lowest BCUT2D eigenvalue weighted by Gasteiger charge is -1.65. The van der Waals surface area contributed by atoms with Crippen molar-refractivity contribution >= 4 is 22.6 Å². The summed E-state index contributed by atoms with van der Waals surface area (Å²) in [6, 6.07) is 0. The van der Waals surface area contributed by atoms with Crippen molar-refractivity contribution in [2.75, 3.05) is 11.6 Å². The van der Waals surface area contributed by atoms with E-state index >= 15 is 0 Å². The van der Waals surface area contributed by atoms with Gasteiger partial charge in [-0.15, -0.1) is 0 Å². The molecular formula is C4H9FI. The monoisotopic (exact) mass is 203 g/mol. The lowest BCUT2D eigenvalue weighted by atomic mass is 10.6. The number of halogens is 2. The smallest absolute Gasteiger partial charge is 0.0785 e. The molecule has 0 saturated heterocycles. The van der Waals surface area contributed by atoms with Crippen LogP contribution >= 0.6 is 22.6 Å². The standard InChI is InChI=1S/C3H6I.CH3F/c1-2-3-4;1-2/h1-3H2;1H3. The highest BCUT2D eigenvalue weighted by Crippen LogP contribution is 1.81. The van der Waals surface area contributed by atoms with Crippen LogP contribution in [0.5, 0.6) is 0 Å². The molecule has 0 bridgehead atoms. The van der Waals surface area contributed by atoms with Crippen molar-refractivity contribution in [3.63, 3.8) is 0 Å². The van der Waals surface area contributed by atoms with Crippen molar-refractivity contribution < 1.29 is 4.39 Å². The fourth-order valence-electron chi connectivity index (χ4n) is 0. The van der Waals surface area contributed by atoms with Crippen LogP contribution in [-0.2, 0) is 0 Å².